The Balaban J connectivity index is 0.000000147. The molecule has 224 valence electrons. The highest BCUT2D eigenvalue weighted by molar-refractivity contribution is 7.18. The van der Waals surface area contributed by atoms with Gasteiger partial charge in [0.1, 0.15) is 0 Å². The van der Waals surface area contributed by atoms with Gasteiger partial charge in [-0.2, -0.15) is 0 Å². The van der Waals surface area contributed by atoms with Gasteiger partial charge in [0.2, 0.25) is 11.6 Å². The lowest BCUT2D eigenvalue weighted by molar-refractivity contribution is 0.103. The fourth-order valence-electron chi connectivity index (χ4n) is 5.71. The van der Waals surface area contributed by atoms with Crippen molar-refractivity contribution in [2.45, 2.75) is 13.8 Å². The largest absolute Gasteiger partial charge is 0.354 e. The van der Waals surface area contributed by atoms with Crippen LogP contribution in [0.1, 0.15) is 41.6 Å². The van der Waals surface area contributed by atoms with E-state index in [1.165, 1.54) is 44.6 Å². The van der Waals surface area contributed by atoms with Crippen LogP contribution in [-0.4, -0.2) is 21.5 Å². The van der Waals surface area contributed by atoms with E-state index in [9.17, 15) is 9.59 Å². The number of aryl methyl sites for hydroxylation is 2. The summed E-state index contributed by atoms with van der Waals surface area (Å²) in [5.74, 6) is 0.159. The smallest absolute Gasteiger partial charge is 0.202 e. The van der Waals surface area contributed by atoms with E-state index in [-0.39, 0.29) is 11.6 Å². The number of rotatable bonds is 6. The number of para-hydroxylation sites is 2. The first-order valence-electron chi connectivity index (χ1n) is 15.0. The molecule has 0 saturated carbocycles. The van der Waals surface area contributed by atoms with Gasteiger partial charge >= 0.3 is 0 Å². The Morgan fingerprint density at radius 2 is 0.826 bits per heavy atom. The highest BCUT2D eigenvalue weighted by Crippen LogP contribution is 2.36. The minimum Gasteiger partial charge on any atom is -0.354 e. The molecule has 2 N–H and O–H groups in total. The predicted molar refractivity (Wildman–Crippen MR) is 192 cm³/mol. The maximum absolute atomic E-state index is 12.5. The number of ketones is 2. The number of hydrogen-bond donors (Lipinski definition) is 2. The van der Waals surface area contributed by atoms with Gasteiger partial charge in [-0.3, -0.25) is 9.59 Å². The molecule has 0 amide bonds. The molecule has 0 atom stereocenters. The second-order valence-electron chi connectivity index (χ2n) is 11.1. The molecule has 0 unspecified atom stereocenters. The highest BCUT2D eigenvalue weighted by atomic mass is 32.1. The molecule has 4 heterocycles. The number of carbonyl (C=O) groups is 2. The molecule has 0 aliphatic rings. The van der Waals surface area contributed by atoms with Crippen LogP contribution in [0.5, 0.6) is 0 Å². The van der Waals surface area contributed by atoms with Crippen LogP contribution in [0.3, 0.4) is 0 Å². The number of fused-ring (bicyclic) bond motifs is 2. The molecule has 4 nitrogen and oxygen atoms in total. The lowest BCUT2D eigenvalue weighted by Crippen LogP contribution is -1.97. The van der Waals surface area contributed by atoms with Crippen molar-refractivity contribution in [3.63, 3.8) is 0 Å². The molecule has 8 aromatic rings. The van der Waals surface area contributed by atoms with E-state index in [0.29, 0.717) is 0 Å². The van der Waals surface area contributed by atoms with Crippen molar-refractivity contribution in [3.8, 4) is 21.1 Å². The standard InChI is InChI=1S/2C20H15NOS/c2*1-13-15-9-5-6-10-16(15)21-19(13)17-11-12-18(23-17)20(22)14-7-3-2-4-8-14/h2*2-12,21H,1H3. The summed E-state index contributed by atoms with van der Waals surface area (Å²) in [5, 5.41) is 2.46. The maximum Gasteiger partial charge on any atom is 0.202 e. The Kier molecular flexibility index (Phi) is 8.06. The molecule has 0 saturated heterocycles. The number of aromatic nitrogens is 2. The number of H-pyrrole nitrogens is 2. The Morgan fingerprint density at radius 3 is 1.22 bits per heavy atom. The number of aromatic amines is 2. The van der Waals surface area contributed by atoms with Gasteiger partial charge in [-0.05, 0) is 61.4 Å². The fraction of sp³-hybridized carbons (Fsp3) is 0.0500. The average Bonchev–Trinajstić information content (AvgIpc) is 3.92. The Bertz CT molecular complexity index is 2160. The first kappa shape index (κ1) is 29.4. The average molecular weight is 635 g/mol. The van der Waals surface area contributed by atoms with E-state index in [0.717, 1.165) is 53.1 Å². The summed E-state index contributed by atoms with van der Waals surface area (Å²) >= 11 is 3.08. The summed E-state index contributed by atoms with van der Waals surface area (Å²) in [5.41, 5.74) is 8.37. The van der Waals surface area contributed by atoms with Gasteiger partial charge in [0.25, 0.3) is 0 Å². The van der Waals surface area contributed by atoms with Gasteiger partial charge in [-0.15, -0.1) is 22.7 Å². The number of carbonyl (C=O) groups excluding carboxylic acids is 2. The molecule has 0 aliphatic carbocycles. The summed E-state index contributed by atoms with van der Waals surface area (Å²) in [7, 11) is 0. The first-order chi connectivity index (χ1) is 22.5. The van der Waals surface area contributed by atoms with Crippen molar-refractivity contribution in [1.82, 2.24) is 9.97 Å². The van der Waals surface area contributed by atoms with E-state index < -0.39 is 0 Å². The van der Waals surface area contributed by atoms with Gasteiger partial charge in [-0.1, -0.05) is 97.1 Å². The minimum absolute atomic E-state index is 0.0793. The van der Waals surface area contributed by atoms with Gasteiger partial charge in [-0.25, -0.2) is 0 Å². The molecule has 0 bridgehead atoms. The molecule has 8 rings (SSSR count). The maximum atomic E-state index is 12.5. The van der Waals surface area contributed by atoms with Gasteiger partial charge in [0.15, 0.2) is 0 Å². The molecule has 46 heavy (non-hydrogen) atoms. The summed E-state index contributed by atoms with van der Waals surface area (Å²) in [6.07, 6.45) is 0. The lowest BCUT2D eigenvalue weighted by atomic mass is 10.1. The molecule has 0 aliphatic heterocycles. The van der Waals surface area contributed by atoms with Crippen LogP contribution in [0.15, 0.2) is 133 Å². The predicted octanol–water partition coefficient (Wildman–Crippen LogP) is 10.9. The molecule has 0 spiro atoms. The number of nitrogens with one attached hydrogen (secondary N) is 2. The van der Waals surface area contributed by atoms with Crippen molar-refractivity contribution in [2.24, 2.45) is 0 Å². The highest BCUT2D eigenvalue weighted by Gasteiger charge is 2.17. The SMILES string of the molecule is Cc1c(-c2ccc(C(=O)c3ccccc3)s2)[nH]c2ccccc12.Cc1c(-c2ccc(C(=O)c3ccccc3)s2)[nH]c2ccccc12. The molecular formula is C40H30N2O2S2. The Morgan fingerprint density at radius 1 is 0.457 bits per heavy atom. The van der Waals surface area contributed by atoms with E-state index >= 15 is 0 Å². The Labute approximate surface area is 275 Å². The second-order valence-corrected chi connectivity index (χ2v) is 13.2. The van der Waals surface area contributed by atoms with Crippen molar-refractivity contribution < 1.29 is 9.59 Å². The third kappa shape index (κ3) is 5.65. The molecular weight excluding hydrogens is 605 g/mol. The molecule has 0 radical (unpaired) electrons. The zero-order valence-corrected chi connectivity index (χ0v) is 27.0. The zero-order valence-electron chi connectivity index (χ0n) is 25.3. The van der Waals surface area contributed by atoms with Crippen molar-refractivity contribution in [2.75, 3.05) is 0 Å². The third-order valence-corrected chi connectivity index (χ3v) is 10.4. The number of hydrogen-bond acceptors (Lipinski definition) is 4. The van der Waals surface area contributed by atoms with E-state index in [2.05, 4.69) is 48.1 Å². The van der Waals surface area contributed by atoms with Crippen LogP contribution >= 0.6 is 22.7 Å². The summed E-state index contributed by atoms with van der Waals surface area (Å²) < 4.78 is 0. The van der Waals surface area contributed by atoms with Gasteiger partial charge in [0.05, 0.1) is 30.9 Å². The quantitative estimate of drug-likeness (QED) is 0.179. The lowest BCUT2D eigenvalue weighted by Gasteiger charge is -1.97. The summed E-state index contributed by atoms with van der Waals surface area (Å²) in [6, 6.07) is 43.3. The van der Waals surface area contributed by atoms with Crippen LogP contribution in [0.25, 0.3) is 42.9 Å². The van der Waals surface area contributed by atoms with Crippen LogP contribution in [-0.2, 0) is 0 Å². The topological polar surface area (TPSA) is 65.7 Å². The first-order valence-corrected chi connectivity index (χ1v) is 16.7. The van der Waals surface area contributed by atoms with Gasteiger partial charge in [0, 0.05) is 32.9 Å². The molecule has 4 aromatic heterocycles. The van der Waals surface area contributed by atoms with Crippen LogP contribution in [0.2, 0.25) is 0 Å². The molecule has 6 heteroatoms. The monoisotopic (exact) mass is 634 g/mol. The van der Waals surface area contributed by atoms with Gasteiger partial charge < -0.3 is 9.97 Å². The minimum atomic E-state index is 0.0793. The fourth-order valence-corrected chi connectivity index (χ4v) is 7.76. The van der Waals surface area contributed by atoms with Crippen molar-refractivity contribution >= 4 is 56.0 Å². The second kappa shape index (κ2) is 12.6. The van der Waals surface area contributed by atoms with Crippen LogP contribution < -0.4 is 0 Å². The van der Waals surface area contributed by atoms with Crippen LogP contribution in [0, 0.1) is 13.8 Å². The molecule has 0 fully saturated rings. The van der Waals surface area contributed by atoms with Crippen molar-refractivity contribution in [1.29, 1.82) is 0 Å². The summed E-state index contributed by atoms with van der Waals surface area (Å²) in [4.78, 5) is 35.8. The summed E-state index contributed by atoms with van der Waals surface area (Å²) in [6.45, 7) is 4.24. The van der Waals surface area contributed by atoms with E-state index in [1.807, 2.05) is 109 Å². The number of benzene rings is 4. The van der Waals surface area contributed by atoms with Crippen LogP contribution in [0.4, 0.5) is 0 Å². The van der Waals surface area contributed by atoms with Crippen molar-refractivity contribution in [3.05, 3.63) is 165 Å². The Hall–Kier alpha value is -5.30. The zero-order chi connectivity index (χ0) is 31.6. The number of thiophene rings is 2. The normalized spacial score (nSPS) is 11.0. The third-order valence-electron chi connectivity index (χ3n) is 8.16. The van der Waals surface area contributed by atoms with E-state index in [4.69, 9.17) is 0 Å². The molecule has 4 aromatic carbocycles. The van der Waals surface area contributed by atoms with E-state index in [1.54, 1.807) is 0 Å².